The third kappa shape index (κ3) is 3.24. The zero-order valence-electron chi connectivity index (χ0n) is 18.5. The molecule has 1 amide bonds. The number of nitrogens with one attached hydrogen (secondary N) is 1. The number of benzene rings is 2. The lowest BCUT2D eigenvalue weighted by Gasteiger charge is -2.40. The first-order valence-electron chi connectivity index (χ1n) is 11.9. The standard InChI is InChI=1S/C27H24N2O2S3/c30-21(28-19-8-3-6-15-5-1-2-7-18(15)19)14-29-26-25(34-27(29)31)23(20-9-4-12-32-20)22-16-10-11-17(13-16)24(22)33-26/h1-9,12,16-17,22-24H,10-11,13-14H2,(H,28,30)/t16?,17?,22?,23-,24?/m1/s1. The zero-order valence-corrected chi connectivity index (χ0v) is 20.9. The molecule has 4 nitrogen and oxygen atoms in total. The molecule has 2 fully saturated rings. The topological polar surface area (TPSA) is 51.1 Å². The van der Waals surface area contributed by atoms with Crippen LogP contribution in [-0.2, 0) is 11.3 Å². The van der Waals surface area contributed by atoms with Gasteiger partial charge in [-0.15, -0.1) is 23.1 Å². The van der Waals surface area contributed by atoms with E-state index in [1.807, 2.05) is 65.6 Å². The molecule has 2 aliphatic carbocycles. The van der Waals surface area contributed by atoms with Crippen molar-refractivity contribution in [2.45, 2.75) is 42.0 Å². The van der Waals surface area contributed by atoms with Crippen LogP contribution < -0.4 is 10.2 Å². The second kappa shape index (κ2) is 8.11. The van der Waals surface area contributed by atoms with Gasteiger partial charge in [-0.25, -0.2) is 0 Å². The average molecular weight is 505 g/mol. The summed E-state index contributed by atoms with van der Waals surface area (Å²) in [6.07, 6.45) is 3.96. The number of carbonyl (C=O) groups excluding carboxylic acids is 1. The third-order valence-corrected chi connectivity index (χ3v) is 11.7. The molecule has 2 aromatic carbocycles. The molecule has 2 saturated carbocycles. The fraction of sp³-hybridized carbons (Fsp3) is 0.333. The second-order valence-electron chi connectivity index (χ2n) is 9.68. The first-order valence-corrected chi connectivity index (χ1v) is 14.5. The lowest BCUT2D eigenvalue weighted by molar-refractivity contribution is -0.116. The van der Waals surface area contributed by atoms with Crippen molar-refractivity contribution in [3.05, 3.63) is 79.4 Å². The van der Waals surface area contributed by atoms with Crippen LogP contribution in [0.1, 0.15) is 34.9 Å². The van der Waals surface area contributed by atoms with Crippen LogP contribution in [0.25, 0.3) is 10.8 Å². The summed E-state index contributed by atoms with van der Waals surface area (Å²) in [7, 11) is 0. The Kier molecular flexibility index (Phi) is 5.00. The number of hydrogen-bond acceptors (Lipinski definition) is 5. The van der Waals surface area contributed by atoms with E-state index in [1.165, 1.54) is 40.4 Å². The molecule has 4 aromatic rings. The van der Waals surface area contributed by atoms with E-state index in [1.54, 1.807) is 4.57 Å². The fourth-order valence-corrected chi connectivity index (χ4v) is 10.7. The number of thiazole rings is 1. The minimum atomic E-state index is -0.151. The summed E-state index contributed by atoms with van der Waals surface area (Å²) < 4.78 is 1.74. The number of nitrogens with zero attached hydrogens (tertiary/aromatic N) is 1. The Morgan fingerprint density at radius 3 is 2.76 bits per heavy atom. The predicted molar refractivity (Wildman–Crippen MR) is 141 cm³/mol. The maximum absolute atomic E-state index is 13.2. The Hall–Kier alpha value is -2.35. The van der Waals surface area contributed by atoms with Gasteiger partial charge in [0, 0.05) is 32.0 Å². The molecule has 0 spiro atoms. The van der Waals surface area contributed by atoms with E-state index in [9.17, 15) is 9.59 Å². The molecule has 1 N–H and O–H groups in total. The summed E-state index contributed by atoms with van der Waals surface area (Å²) in [5.41, 5.74) is 0.789. The molecule has 172 valence electrons. The minimum absolute atomic E-state index is 0.0144. The molecular weight excluding hydrogens is 481 g/mol. The van der Waals surface area contributed by atoms with Crippen LogP contribution in [-0.4, -0.2) is 15.7 Å². The molecule has 2 aromatic heterocycles. The molecule has 0 saturated heterocycles. The smallest absolute Gasteiger partial charge is 0.308 e. The lowest BCUT2D eigenvalue weighted by atomic mass is 9.77. The third-order valence-electron chi connectivity index (χ3n) is 7.91. The van der Waals surface area contributed by atoms with Crippen molar-refractivity contribution >= 4 is 56.8 Å². The number of aromatic nitrogens is 1. The van der Waals surface area contributed by atoms with Gasteiger partial charge in [0.2, 0.25) is 5.91 Å². The highest BCUT2D eigenvalue weighted by molar-refractivity contribution is 8.00. The van der Waals surface area contributed by atoms with Crippen molar-refractivity contribution in [2.24, 2.45) is 17.8 Å². The van der Waals surface area contributed by atoms with Crippen LogP contribution in [0, 0.1) is 17.8 Å². The van der Waals surface area contributed by atoms with E-state index in [-0.39, 0.29) is 17.3 Å². The second-order valence-corrected chi connectivity index (χ2v) is 12.8. The lowest BCUT2D eigenvalue weighted by Crippen LogP contribution is -2.34. The van der Waals surface area contributed by atoms with Gasteiger partial charge in [-0.05, 0) is 59.9 Å². The number of amides is 1. The molecule has 3 heterocycles. The van der Waals surface area contributed by atoms with Crippen molar-refractivity contribution in [3.8, 4) is 0 Å². The molecule has 0 radical (unpaired) electrons. The molecular formula is C27H24N2O2S3. The fourth-order valence-electron chi connectivity index (χ4n) is 6.54. The summed E-state index contributed by atoms with van der Waals surface area (Å²) in [5.74, 6) is 2.27. The van der Waals surface area contributed by atoms with Gasteiger partial charge < -0.3 is 5.32 Å². The number of thioether (sulfide) groups is 1. The van der Waals surface area contributed by atoms with Crippen LogP contribution in [0.4, 0.5) is 5.69 Å². The summed E-state index contributed by atoms with van der Waals surface area (Å²) in [6, 6.07) is 18.3. The Bertz CT molecular complexity index is 1450. The molecule has 5 atom stereocenters. The van der Waals surface area contributed by atoms with Gasteiger partial charge >= 0.3 is 4.87 Å². The quantitative estimate of drug-likeness (QED) is 0.349. The van der Waals surface area contributed by atoms with Gasteiger partial charge in [0.25, 0.3) is 0 Å². The summed E-state index contributed by atoms with van der Waals surface area (Å²) >= 11 is 5.06. The number of carbonyl (C=O) groups is 1. The van der Waals surface area contributed by atoms with Gasteiger partial charge in [0.15, 0.2) is 0 Å². The Balaban J connectivity index is 1.24. The van der Waals surface area contributed by atoms with Gasteiger partial charge in [-0.2, -0.15) is 0 Å². The predicted octanol–water partition coefficient (Wildman–Crippen LogP) is 6.42. The summed E-state index contributed by atoms with van der Waals surface area (Å²) in [4.78, 5) is 28.9. The van der Waals surface area contributed by atoms with Crippen LogP contribution in [0.5, 0.6) is 0 Å². The normalized spacial score (nSPS) is 27.0. The van der Waals surface area contributed by atoms with E-state index in [4.69, 9.17) is 0 Å². The SMILES string of the molecule is O=C(Cn1c2c(sc1=O)[C@H](c1cccs1)C1C3CCC(C3)C1S2)Nc1cccc2ccccc12. The van der Waals surface area contributed by atoms with Gasteiger partial charge in [0.1, 0.15) is 6.54 Å². The number of thiophene rings is 1. The summed E-state index contributed by atoms with van der Waals surface area (Å²) in [5, 5.41) is 8.90. The number of anilines is 1. The van der Waals surface area contributed by atoms with Gasteiger partial charge in [0.05, 0.1) is 5.03 Å². The molecule has 7 rings (SSSR count). The number of hydrogen-bond donors (Lipinski definition) is 1. The molecule has 7 heteroatoms. The van der Waals surface area contributed by atoms with E-state index < -0.39 is 0 Å². The van der Waals surface area contributed by atoms with Crippen molar-refractivity contribution in [1.29, 1.82) is 0 Å². The highest BCUT2D eigenvalue weighted by atomic mass is 32.2. The maximum Gasteiger partial charge on any atom is 0.308 e. The molecule has 3 aliphatic rings. The van der Waals surface area contributed by atoms with Crippen molar-refractivity contribution in [2.75, 3.05) is 5.32 Å². The molecule has 1 aliphatic heterocycles. The Morgan fingerprint density at radius 1 is 1.03 bits per heavy atom. The first-order chi connectivity index (χ1) is 16.7. The van der Waals surface area contributed by atoms with Gasteiger partial charge in [-0.1, -0.05) is 53.8 Å². The Labute approximate surface area is 210 Å². The molecule has 2 bridgehead atoms. The highest BCUT2D eigenvalue weighted by Crippen LogP contribution is 2.64. The maximum atomic E-state index is 13.2. The minimum Gasteiger partial charge on any atom is -0.324 e. The Morgan fingerprint density at radius 2 is 1.88 bits per heavy atom. The van der Waals surface area contributed by atoms with E-state index >= 15 is 0 Å². The zero-order chi connectivity index (χ0) is 22.8. The monoisotopic (exact) mass is 504 g/mol. The van der Waals surface area contributed by atoms with Crippen LogP contribution in [0.15, 0.2) is 69.8 Å². The number of fused-ring (bicyclic) bond motifs is 7. The number of rotatable bonds is 4. The summed E-state index contributed by atoms with van der Waals surface area (Å²) in [6.45, 7) is 0.0591. The van der Waals surface area contributed by atoms with E-state index in [0.29, 0.717) is 17.1 Å². The van der Waals surface area contributed by atoms with Crippen molar-refractivity contribution < 1.29 is 4.79 Å². The van der Waals surface area contributed by atoms with Crippen LogP contribution >= 0.6 is 34.4 Å². The largest absolute Gasteiger partial charge is 0.324 e. The van der Waals surface area contributed by atoms with Crippen LogP contribution in [0.2, 0.25) is 0 Å². The van der Waals surface area contributed by atoms with Crippen molar-refractivity contribution in [3.63, 3.8) is 0 Å². The van der Waals surface area contributed by atoms with Gasteiger partial charge in [-0.3, -0.25) is 14.2 Å². The highest BCUT2D eigenvalue weighted by Gasteiger charge is 2.55. The average Bonchev–Trinajstić information content (AvgIpc) is 3.64. The molecule has 34 heavy (non-hydrogen) atoms. The van der Waals surface area contributed by atoms with Crippen LogP contribution in [0.3, 0.4) is 0 Å². The first kappa shape index (κ1) is 21.0. The molecule has 4 unspecified atom stereocenters. The van der Waals surface area contributed by atoms with Crippen molar-refractivity contribution in [1.82, 2.24) is 4.57 Å². The van der Waals surface area contributed by atoms with E-state index in [2.05, 4.69) is 22.8 Å². The van der Waals surface area contributed by atoms with E-state index in [0.717, 1.165) is 33.3 Å².